The second-order valence-corrected chi connectivity index (χ2v) is 6.59. The number of hydrogen-bond donors (Lipinski definition) is 1. The number of esters is 1. The molecular formula is C17H13Cl2NO3. The Balaban J connectivity index is 2.04. The third-order valence-corrected chi connectivity index (χ3v) is 4.70. The summed E-state index contributed by atoms with van der Waals surface area (Å²) in [7, 11) is 1.30. The van der Waals surface area contributed by atoms with Gasteiger partial charge in [-0.25, -0.2) is 4.79 Å². The summed E-state index contributed by atoms with van der Waals surface area (Å²) in [5, 5.41) is 2.73. The lowest BCUT2D eigenvalue weighted by atomic mass is 9.91. The van der Waals surface area contributed by atoms with Crippen LogP contribution in [0.1, 0.15) is 27.4 Å². The van der Waals surface area contributed by atoms with Gasteiger partial charge in [0.05, 0.1) is 12.7 Å². The predicted octanol–water partition coefficient (Wildman–Crippen LogP) is 3.84. The zero-order chi connectivity index (χ0) is 16.6. The van der Waals surface area contributed by atoms with Crippen LogP contribution in [0.25, 0.3) is 0 Å². The lowest BCUT2D eigenvalue weighted by Gasteiger charge is -2.25. The van der Waals surface area contributed by atoms with Crippen molar-refractivity contribution in [1.29, 1.82) is 0 Å². The first-order chi connectivity index (χ1) is 10.9. The van der Waals surface area contributed by atoms with E-state index in [9.17, 15) is 9.59 Å². The lowest BCUT2D eigenvalue weighted by Crippen LogP contribution is -2.27. The highest BCUT2D eigenvalue weighted by Crippen LogP contribution is 2.51. The van der Waals surface area contributed by atoms with Crippen molar-refractivity contribution in [2.75, 3.05) is 12.4 Å². The molecule has 4 nitrogen and oxygen atoms in total. The number of carbonyl (C=O) groups excluding carboxylic acids is 2. The van der Waals surface area contributed by atoms with E-state index < -0.39 is 16.2 Å². The van der Waals surface area contributed by atoms with Crippen molar-refractivity contribution in [2.45, 2.75) is 10.3 Å². The Bertz CT molecular complexity index is 775. The van der Waals surface area contributed by atoms with Crippen molar-refractivity contribution in [3.8, 4) is 0 Å². The van der Waals surface area contributed by atoms with E-state index in [-0.39, 0.29) is 5.91 Å². The first-order valence-corrected chi connectivity index (χ1v) is 7.67. The first kappa shape index (κ1) is 15.8. The van der Waals surface area contributed by atoms with Gasteiger partial charge in [0.15, 0.2) is 4.33 Å². The van der Waals surface area contributed by atoms with Crippen LogP contribution in [0.5, 0.6) is 0 Å². The molecule has 0 spiro atoms. The molecule has 1 amide bonds. The van der Waals surface area contributed by atoms with Crippen LogP contribution in [0.2, 0.25) is 0 Å². The van der Waals surface area contributed by atoms with Gasteiger partial charge >= 0.3 is 5.97 Å². The average molecular weight is 350 g/mol. The van der Waals surface area contributed by atoms with Crippen molar-refractivity contribution in [3.05, 3.63) is 65.2 Å². The maximum atomic E-state index is 12.4. The molecule has 1 unspecified atom stereocenters. The quantitative estimate of drug-likeness (QED) is 0.676. The van der Waals surface area contributed by atoms with E-state index in [2.05, 4.69) is 10.1 Å². The number of halogens is 2. The molecule has 0 fully saturated rings. The van der Waals surface area contributed by atoms with Gasteiger partial charge in [-0.15, -0.1) is 0 Å². The number of anilines is 1. The molecule has 0 saturated heterocycles. The summed E-state index contributed by atoms with van der Waals surface area (Å²) in [6.45, 7) is 0. The largest absolute Gasteiger partial charge is 0.465 e. The molecule has 2 aromatic rings. The number of fused-ring (bicyclic) bond motifs is 1. The molecule has 0 aromatic heterocycles. The number of hydrogen-bond acceptors (Lipinski definition) is 3. The molecule has 23 heavy (non-hydrogen) atoms. The Labute approximate surface area is 143 Å². The Hall–Kier alpha value is -2.04. The van der Waals surface area contributed by atoms with Crippen LogP contribution in [-0.4, -0.2) is 19.0 Å². The van der Waals surface area contributed by atoms with Gasteiger partial charge in [-0.3, -0.25) is 4.79 Å². The number of ether oxygens (including phenoxy) is 1. The monoisotopic (exact) mass is 349 g/mol. The van der Waals surface area contributed by atoms with Crippen LogP contribution in [0.4, 0.5) is 5.69 Å². The summed E-state index contributed by atoms with van der Waals surface area (Å²) in [5.41, 5.74) is 2.15. The summed E-state index contributed by atoms with van der Waals surface area (Å²) in [6, 6.07) is 13.8. The van der Waals surface area contributed by atoms with E-state index in [1.54, 1.807) is 30.3 Å². The van der Waals surface area contributed by atoms with E-state index >= 15 is 0 Å². The second-order valence-electron chi connectivity index (χ2n) is 5.20. The number of carbonyl (C=O) groups is 2. The number of rotatable bonds is 3. The number of amides is 1. The molecule has 1 atom stereocenters. The summed E-state index contributed by atoms with van der Waals surface area (Å²) in [5.74, 6) is -1.55. The summed E-state index contributed by atoms with van der Waals surface area (Å²) >= 11 is 13.1. The minimum absolute atomic E-state index is 0.309. The van der Waals surface area contributed by atoms with Crippen LogP contribution < -0.4 is 5.32 Å². The average Bonchev–Trinajstić information content (AvgIpc) is 2.90. The predicted molar refractivity (Wildman–Crippen MR) is 89.0 cm³/mol. The molecule has 6 heteroatoms. The van der Waals surface area contributed by atoms with E-state index in [0.717, 1.165) is 0 Å². The molecule has 2 aromatic carbocycles. The fourth-order valence-electron chi connectivity index (χ4n) is 2.69. The Morgan fingerprint density at radius 3 is 2.52 bits per heavy atom. The Morgan fingerprint density at radius 1 is 1.17 bits per heavy atom. The molecule has 0 saturated carbocycles. The fourth-order valence-corrected chi connectivity index (χ4v) is 3.38. The molecule has 3 rings (SSSR count). The topological polar surface area (TPSA) is 55.4 Å². The minimum Gasteiger partial charge on any atom is -0.465 e. The SMILES string of the molecule is COC(=O)c1ccc2c(c1)NC(=O)C2C(Cl)(Cl)c1ccccc1. The zero-order valence-corrected chi connectivity index (χ0v) is 13.7. The van der Waals surface area contributed by atoms with Gasteiger partial charge in [0, 0.05) is 5.69 Å². The van der Waals surface area contributed by atoms with Crippen molar-refractivity contribution in [3.63, 3.8) is 0 Å². The van der Waals surface area contributed by atoms with Crippen molar-refractivity contribution < 1.29 is 14.3 Å². The van der Waals surface area contributed by atoms with Crippen molar-refractivity contribution in [2.24, 2.45) is 0 Å². The van der Waals surface area contributed by atoms with Gasteiger partial charge < -0.3 is 10.1 Å². The zero-order valence-electron chi connectivity index (χ0n) is 12.2. The number of alkyl halides is 2. The first-order valence-electron chi connectivity index (χ1n) is 6.91. The van der Waals surface area contributed by atoms with Crippen LogP contribution in [0.15, 0.2) is 48.5 Å². The molecular weight excluding hydrogens is 337 g/mol. The fraction of sp³-hybridized carbons (Fsp3) is 0.176. The molecule has 1 aliphatic rings. The summed E-state index contributed by atoms with van der Waals surface area (Å²) in [6.07, 6.45) is 0. The normalized spacial score (nSPS) is 16.7. The van der Waals surface area contributed by atoms with Gasteiger partial charge in [-0.1, -0.05) is 59.6 Å². The molecule has 1 heterocycles. The van der Waals surface area contributed by atoms with Crippen molar-refractivity contribution >= 4 is 40.8 Å². The third-order valence-electron chi connectivity index (χ3n) is 3.83. The Kier molecular flexibility index (Phi) is 4.04. The number of nitrogens with one attached hydrogen (secondary N) is 1. The van der Waals surface area contributed by atoms with Gasteiger partial charge in [0.1, 0.15) is 5.92 Å². The molecule has 1 N–H and O–H groups in total. The highest BCUT2D eigenvalue weighted by atomic mass is 35.5. The highest BCUT2D eigenvalue weighted by molar-refractivity contribution is 6.50. The van der Waals surface area contributed by atoms with E-state index in [1.807, 2.05) is 18.2 Å². The molecule has 0 bridgehead atoms. The van der Waals surface area contributed by atoms with Crippen molar-refractivity contribution in [1.82, 2.24) is 0 Å². The third kappa shape index (κ3) is 2.69. The molecule has 0 aliphatic carbocycles. The lowest BCUT2D eigenvalue weighted by molar-refractivity contribution is -0.117. The van der Waals surface area contributed by atoms with Crippen LogP contribution in [-0.2, 0) is 13.9 Å². The maximum absolute atomic E-state index is 12.4. The number of benzene rings is 2. The summed E-state index contributed by atoms with van der Waals surface area (Å²) in [4.78, 5) is 24.0. The molecule has 118 valence electrons. The van der Waals surface area contributed by atoms with Gasteiger partial charge in [-0.2, -0.15) is 0 Å². The minimum atomic E-state index is -1.41. The standard InChI is InChI=1S/C17H13Cl2NO3/c1-23-16(22)10-7-8-12-13(9-10)20-15(21)14(12)17(18,19)11-5-3-2-4-6-11/h2-9,14H,1H3,(H,20,21). The smallest absolute Gasteiger partial charge is 0.337 e. The molecule has 0 radical (unpaired) electrons. The van der Waals surface area contributed by atoms with E-state index in [0.29, 0.717) is 22.4 Å². The number of methoxy groups -OCH3 is 1. The van der Waals surface area contributed by atoms with Crippen LogP contribution in [0.3, 0.4) is 0 Å². The molecule has 1 aliphatic heterocycles. The van der Waals surface area contributed by atoms with Crippen LogP contribution in [0, 0.1) is 0 Å². The van der Waals surface area contributed by atoms with Gasteiger partial charge in [-0.05, 0) is 23.3 Å². The van der Waals surface area contributed by atoms with E-state index in [4.69, 9.17) is 23.2 Å². The Morgan fingerprint density at radius 2 is 1.87 bits per heavy atom. The van der Waals surface area contributed by atoms with Gasteiger partial charge in [0.2, 0.25) is 5.91 Å². The van der Waals surface area contributed by atoms with Crippen LogP contribution >= 0.6 is 23.2 Å². The second kappa shape index (κ2) is 5.87. The van der Waals surface area contributed by atoms with E-state index in [1.165, 1.54) is 7.11 Å². The maximum Gasteiger partial charge on any atom is 0.337 e. The summed E-state index contributed by atoms with van der Waals surface area (Å²) < 4.78 is 3.27. The van der Waals surface area contributed by atoms with Gasteiger partial charge in [0.25, 0.3) is 0 Å². The highest BCUT2D eigenvalue weighted by Gasteiger charge is 2.47.